The molecule has 0 aliphatic heterocycles. The highest BCUT2D eigenvalue weighted by molar-refractivity contribution is 5.75. The van der Waals surface area contributed by atoms with E-state index >= 15 is 0 Å². The normalized spacial score (nSPS) is 13.5. The molecule has 2 atom stereocenters. The average Bonchev–Trinajstić information content (AvgIpc) is 3.22. The third-order valence-corrected chi connectivity index (χ3v) is 4.08. The second-order valence-corrected chi connectivity index (χ2v) is 6.23. The fourth-order valence-corrected chi connectivity index (χ4v) is 2.65. The van der Waals surface area contributed by atoms with Crippen LogP contribution in [0.2, 0.25) is 0 Å². The van der Waals surface area contributed by atoms with Gasteiger partial charge in [0.15, 0.2) is 12.0 Å². The Morgan fingerprint density at radius 1 is 1.06 bits per heavy atom. The number of ether oxygens (including phenoxy) is 2. The summed E-state index contributed by atoms with van der Waals surface area (Å²) in [7, 11) is 0. The molecule has 3 rings (SSSR count). The minimum Gasteiger partial charge on any atom is -0.464 e. The van der Waals surface area contributed by atoms with Crippen LogP contribution in [-0.4, -0.2) is 39.9 Å². The molecular weight excluding hydrogens is 425 g/mol. The van der Waals surface area contributed by atoms with Gasteiger partial charge in [-0.3, -0.25) is 0 Å². The van der Waals surface area contributed by atoms with Crippen molar-refractivity contribution in [2.45, 2.75) is 25.6 Å². The van der Waals surface area contributed by atoms with Crippen LogP contribution in [0.5, 0.6) is 5.75 Å². The van der Waals surface area contributed by atoms with E-state index in [4.69, 9.17) is 0 Å². The highest BCUT2D eigenvalue weighted by Crippen LogP contribution is 2.27. The summed E-state index contributed by atoms with van der Waals surface area (Å²) in [4.78, 5) is 15.5. The van der Waals surface area contributed by atoms with Gasteiger partial charge in [-0.15, -0.1) is 18.3 Å². The molecule has 31 heavy (non-hydrogen) atoms. The fourth-order valence-electron chi connectivity index (χ4n) is 2.65. The number of hydrogen-bond donors (Lipinski definition) is 0. The first kappa shape index (κ1) is 22.2. The average molecular weight is 441 g/mol. The van der Waals surface area contributed by atoms with E-state index in [0.717, 1.165) is 12.1 Å². The number of nitrogens with zero attached hydrogens (tertiary/aromatic N) is 3. The molecule has 0 radical (unpaired) electrons. The van der Waals surface area contributed by atoms with E-state index < -0.39 is 24.7 Å². The monoisotopic (exact) mass is 441 g/mol. The van der Waals surface area contributed by atoms with Crippen LogP contribution in [0.15, 0.2) is 54.9 Å². The number of benzene rings is 2. The second kappa shape index (κ2) is 9.11. The minimum absolute atomic E-state index is 0.0519. The summed E-state index contributed by atoms with van der Waals surface area (Å²) in [5, 5.41) is 4.22. The predicted octanol–water partition coefficient (Wildman–Crippen LogP) is 4.74. The maximum absolute atomic E-state index is 14.2. The van der Waals surface area contributed by atoms with Crippen molar-refractivity contribution in [1.29, 1.82) is 0 Å². The third kappa shape index (κ3) is 5.56. The number of carbonyl (C=O) groups excluding carboxylic acids is 1. The summed E-state index contributed by atoms with van der Waals surface area (Å²) in [6, 6.07) is 10.5. The van der Waals surface area contributed by atoms with Crippen molar-refractivity contribution in [3.63, 3.8) is 0 Å². The lowest BCUT2D eigenvalue weighted by atomic mass is 10.0. The van der Waals surface area contributed by atoms with Gasteiger partial charge < -0.3 is 9.47 Å². The summed E-state index contributed by atoms with van der Waals surface area (Å²) >= 11 is 0. The minimum atomic E-state index is -4.79. The molecule has 0 aliphatic carbocycles. The van der Waals surface area contributed by atoms with Gasteiger partial charge in [-0.25, -0.2) is 23.2 Å². The van der Waals surface area contributed by atoms with Crippen LogP contribution in [-0.2, 0) is 9.53 Å². The van der Waals surface area contributed by atoms with Gasteiger partial charge in [0.1, 0.15) is 12.1 Å². The molecule has 11 heteroatoms. The molecule has 1 aromatic heterocycles. The number of rotatable bonds is 7. The fraction of sp³-hybridized carbons (Fsp3) is 0.250. The van der Waals surface area contributed by atoms with Crippen molar-refractivity contribution in [2.75, 3.05) is 6.61 Å². The zero-order chi connectivity index (χ0) is 22.6. The molecule has 0 fully saturated rings. The first-order valence-corrected chi connectivity index (χ1v) is 9.01. The Labute approximate surface area is 173 Å². The van der Waals surface area contributed by atoms with Gasteiger partial charge >= 0.3 is 12.3 Å². The molecule has 2 unspecified atom stereocenters. The topological polar surface area (TPSA) is 66.2 Å². The van der Waals surface area contributed by atoms with Crippen LogP contribution in [0.1, 0.15) is 18.7 Å². The molecular formula is C20H16F5N3O3. The summed E-state index contributed by atoms with van der Waals surface area (Å²) in [6.45, 7) is 1.43. The SMILES string of the molecule is CCOC(=O)C(F)C(F)c1ccc(-c2ncn(-c3ccc(OC(F)(F)F)cc3)n2)cc1. The van der Waals surface area contributed by atoms with Crippen molar-refractivity contribution in [2.24, 2.45) is 0 Å². The summed E-state index contributed by atoms with van der Waals surface area (Å²) in [6.07, 6.45) is -8.06. The van der Waals surface area contributed by atoms with Crippen LogP contribution in [0.3, 0.4) is 0 Å². The zero-order valence-electron chi connectivity index (χ0n) is 16.0. The van der Waals surface area contributed by atoms with Crippen LogP contribution < -0.4 is 4.74 Å². The molecule has 1 heterocycles. The Kier molecular flexibility index (Phi) is 6.52. The number of alkyl halides is 5. The molecule has 0 spiro atoms. The quantitative estimate of drug-likeness (QED) is 0.391. The lowest BCUT2D eigenvalue weighted by Crippen LogP contribution is -2.23. The van der Waals surface area contributed by atoms with E-state index in [0.29, 0.717) is 11.3 Å². The number of aromatic nitrogens is 3. The number of halogens is 5. The Balaban J connectivity index is 1.72. The van der Waals surface area contributed by atoms with Gasteiger partial charge in [0.2, 0.25) is 6.17 Å². The van der Waals surface area contributed by atoms with E-state index in [1.54, 1.807) is 0 Å². The van der Waals surface area contributed by atoms with E-state index in [-0.39, 0.29) is 23.7 Å². The molecule has 3 aromatic rings. The molecule has 0 bridgehead atoms. The maximum Gasteiger partial charge on any atom is 0.573 e. The Morgan fingerprint density at radius 3 is 2.29 bits per heavy atom. The van der Waals surface area contributed by atoms with Gasteiger partial charge in [0.25, 0.3) is 0 Å². The zero-order valence-corrected chi connectivity index (χ0v) is 16.0. The van der Waals surface area contributed by atoms with Crippen molar-refractivity contribution < 1.29 is 36.2 Å². The third-order valence-electron chi connectivity index (χ3n) is 4.08. The highest BCUT2D eigenvalue weighted by Gasteiger charge is 2.31. The van der Waals surface area contributed by atoms with Crippen molar-refractivity contribution in [3.05, 3.63) is 60.4 Å². The van der Waals surface area contributed by atoms with Gasteiger partial charge in [-0.05, 0) is 36.8 Å². The van der Waals surface area contributed by atoms with Gasteiger partial charge in [-0.1, -0.05) is 24.3 Å². The largest absolute Gasteiger partial charge is 0.573 e. The maximum atomic E-state index is 14.2. The van der Waals surface area contributed by atoms with Gasteiger partial charge in [0.05, 0.1) is 12.3 Å². The lowest BCUT2D eigenvalue weighted by Gasteiger charge is -2.13. The summed E-state index contributed by atoms with van der Waals surface area (Å²) < 4.78 is 74.4. The summed E-state index contributed by atoms with van der Waals surface area (Å²) in [5.74, 6) is -1.40. The van der Waals surface area contributed by atoms with E-state index in [9.17, 15) is 26.7 Å². The van der Waals surface area contributed by atoms with Crippen molar-refractivity contribution >= 4 is 5.97 Å². The smallest absolute Gasteiger partial charge is 0.464 e. The molecule has 6 nitrogen and oxygen atoms in total. The Hall–Kier alpha value is -3.50. The molecule has 0 N–H and O–H groups in total. The van der Waals surface area contributed by atoms with Crippen molar-refractivity contribution in [1.82, 2.24) is 14.8 Å². The van der Waals surface area contributed by atoms with Gasteiger partial charge in [-0.2, -0.15) is 0 Å². The molecule has 0 amide bonds. The molecule has 0 saturated heterocycles. The highest BCUT2D eigenvalue weighted by atomic mass is 19.4. The van der Waals surface area contributed by atoms with Crippen LogP contribution in [0, 0.1) is 0 Å². The van der Waals surface area contributed by atoms with E-state index in [2.05, 4.69) is 19.6 Å². The standard InChI is InChI=1S/C20H16F5N3O3/c1-2-30-19(29)17(22)16(21)12-3-5-13(6-4-12)18-26-11-28(27-18)14-7-9-15(10-8-14)31-20(23,24)25/h3-11,16-17H,2H2,1H3. The van der Waals surface area contributed by atoms with Crippen LogP contribution in [0.25, 0.3) is 17.1 Å². The molecule has 164 valence electrons. The van der Waals surface area contributed by atoms with Crippen LogP contribution in [0.4, 0.5) is 22.0 Å². The van der Waals surface area contributed by atoms with Crippen LogP contribution >= 0.6 is 0 Å². The van der Waals surface area contributed by atoms with E-state index in [1.807, 2.05) is 0 Å². The lowest BCUT2D eigenvalue weighted by molar-refractivity contribution is -0.274. The van der Waals surface area contributed by atoms with E-state index in [1.165, 1.54) is 54.3 Å². The number of esters is 1. The Bertz CT molecular complexity index is 1020. The predicted molar refractivity (Wildman–Crippen MR) is 98.9 cm³/mol. The Morgan fingerprint density at radius 2 is 1.71 bits per heavy atom. The molecule has 0 saturated carbocycles. The van der Waals surface area contributed by atoms with Crippen molar-refractivity contribution in [3.8, 4) is 22.8 Å². The molecule has 0 aliphatic rings. The summed E-state index contributed by atoms with van der Waals surface area (Å²) in [5.41, 5.74) is 0.866. The second-order valence-electron chi connectivity index (χ2n) is 6.23. The van der Waals surface area contributed by atoms with Gasteiger partial charge in [0, 0.05) is 5.56 Å². The number of carbonyl (C=O) groups is 1. The number of hydrogen-bond acceptors (Lipinski definition) is 5. The first-order chi connectivity index (χ1) is 14.7. The molecule has 2 aromatic carbocycles. The first-order valence-electron chi connectivity index (χ1n) is 9.01.